The van der Waals surface area contributed by atoms with Gasteiger partial charge in [0, 0.05) is 0 Å². The van der Waals surface area contributed by atoms with Crippen LogP contribution in [0.15, 0.2) is 35.4 Å². The van der Waals surface area contributed by atoms with Crippen LogP contribution in [0.4, 0.5) is 0 Å². The molecule has 0 radical (unpaired) electrons. The predicted octanol–water partition coefficient (Wildman–Crippen LogP) is -1.89. The summed E-state index contributed by atoms with van der Waals surface area (Å²) in [5, 5.41) is 50.7. The van der Waals surface area contributed by atoms with Gasteiger partial charge in [0.25, 0.3) is 0 Å². The highest BCUT2D eigenvalue weighted by Gasteiger charge is 2.32. The van der Waals surface area contributed by atoms with Gasteiger partial charge in [-0.25, -0.2) is 0 Å². The van der Waals surface area contributed by atoms with Gasteiger partial charge in [0.05, 0.1) is 6.61 Å². The summed E-state index contributed by atoms with van der Waals surface area (Å²) in [6.07, 6.45) is -6.27. The Bertz CT molecular complexity index is 412. The maximum Gasteiger partial charge on any atom is 0.125 e. The molecule has 0 aliphatic rings. The zero-order valence-corrected chi connectivity index (χ0v) is 10.2. The smallest absolute Gasteiger partial charge is 0.125 e. The van der Waals surface area contributed by atoms with Gasteiger partial charge in [0.15, 0.2) is 0 Å². The molecule has 0 saturated carbocycles. The number of nitrogens with zero attached hydrogens (tertiary/aromatic N) is 1. The summed E-state index contributed by atoms with van der Waals surface area (Å²) in [6, 6.07) is 8.29. The quantitative estimate of drug-likeness (QED) is 0.203. The third kappa shape index (κ3) is 3.72. The molecule has 0 spiro atoms. The Morgan fingerprint density at radius 3 is 2.16 bits per heavy atom. The van der Waals surface area contributed by atoms with Crippen molar-refractivity contribution >= 4 is 5.71 Å². The van der Waals surface area contributed by atoms with E-state index in [0.717, 1.165) is 0 Å². The van der Waals surface area contributed by atoms with Crippen LogP contribution in [0.1, 0.15) is 11.7 Å². The minimum absolute atomic E-state index is 0.300. The molecule has 1 aromatic rings. The van der Waals surface area contributed by atoms with Crippen LogP contribution < -0.4 is 5.84 Å². The first kappa shape index (κ1) is 15.5. The highest BCUT2D eigenvalue weighted by Crippen LogP contribution is 2.18. The summed E-state index contributed by atoms with van der Waals surface area (Å²) in [5.41, 5.74) is 0.127. The molecule has 7 N–H and O–H groups in total. The van der Waals surface area contributed by atoms with E-state index in [2.05, 4.69) is 5.10 Å². The second-order valence-electron chi connectivity index (χ2n) is 4.05. The van der Waals surface area contributed by atoms with E-state index in [1.165, 1.54) is 0 Å². The fourth-order valence-corrected chi connectivity index (χ4v) is 1.61. The Labute approximate surface area is 110 Å². The lowest BCUT2D eigenvalue weighted by Crippen LogP contribution is -2.46. The molecule has 7 nitrogen and oxygen atoms in total. The van der Waals surface area contributed by atoms with Crippen LogP contribution in [-0.2, 0) is 0 Å². The highest BCUT2D eigenvalue weighted by atomic mass is 16.4. The van der Waals surface area contributed by atoms with Crippen molar-refractivity contribution < 1.29 is 25.5 Å². The lowest BCUT2D eigenvalue weighted by molar-refractivity contribution is -0.0576. The van der Waals surface area contributed by atoms with Crippen LogP contribution in [0.5, 0.6) is 0 Å². The SMILES string of the molecule is NN=C(C(O)c1ccccc1)[C@@H](O)[C@H](O)[C@H](O)CO. The maximum absolute atomic E-state index is 10.0. The number of nitrogens with two attached hydrogens (primary N) is 1. The van der Waals surface area contributed by atoms with Gasteiger partial charge in [0.2, 0.25) is 0 Å². The van der Waals surface area contributed by atoms with Crippen molar-refractivity contribution in [1.29, 1.82) is 0 Å². The van der Waals surface area contributed by atoms with Gasteiger partial charge in [-0.3, -0.25) is 0 Å². The van der Waals surface area contributed by atoms with E-state index in [4.69, 9.17) is 10.9 Å². The second-order valence-corrected chi connectivity index (χ2v) is 4.05. The van der Waals surface area contributed by atoms with Gasteiger partial charge >= 0.3 is 0 Å². The molecule has 0 fully saturated rings. The lowest BCUT2D eigenvalue weighted by Gasteiger charge is -2.25. The van der Waals surface area contributed by atoms with Gasteiger partial charge in [-0.05, 0) is 5.56 Å². The van der Waals surface area contributed by atoms with E-state index in [1.54, 1.807) is 30.3 Å². The fraction of sp³-hybridized carbons (Fsp3) is 0.417. The molecular weight excluding hydrogens is 252 g/mol. The van der Waals surface area contributed by atoms with E-state index in [-0.39, 0.29) is 5.71 Å². The molecule has 4 atom stereocenters. The molecular formula is C12H18N2O5. The van der Waals surface area contributed by atoms with Crippen LogP contribution >= 0.6 is 0 Å². The van der Waals surface area contributed by atoms with Gasteiger partial charge in [-0.2, -0.15) is 5.10 Å². The van der Waals surface area contributed by atoms with Crippen LogP contribution in [0.25, 0.3) is 0 Å². The summed E-state index contributed by atoms with van der Waals surface area (Å²) in [5.74, 6) is 5.10. The van der Waals surface area contributed by atoms with E-state index in [1.807, 2.05) is 0 Å². The first-order valence-electron chi connectivity index (χ1n) is 5.68. The summed E-state index contributed by atoms with van der Waals surface area (Å²) < 4.78 is 0. The molecule has 106 valence electrons. The number of benzene rings is 1. The maximum atomic E-state index is 10.0. The standard InChI is InChI=1S/C12H18N2O5/c13-14-9(12(19)11(18)8(16)6-15)10(17)7-4-2-1-3-5-7/h1-5,8,10-12,15-19H,6,13H2/t8-,10?,11-,12-/m1/s1. The Hall–Kier alpha value is -1.51. The van der Waals surface area contributed by atoms with Crippen molar-refractivity contribution in [3.05, 3.63) is 35.9 Å². The molecule has 0 amide bonds. The lowest BCUT2D eigenvalue weighted by atomic mass is 9.96. The fourth-order valence-electron chi connectivity index (χ4n) is 1.61. The first-order valence-corrected chi connectivity index (χ1v) is 5.68. The molecule has 7 heteroatoms. The molecule has 1 rings (SSSR count). The molecule has 0 aliphatic heterocycles. The Morgan fingerprint density at radius 2 is 1.68 bits per heavy atom. The second kappa shape index (κ2) is 7.17. The first-order chi connectivity index (χ1) is 9.02. The average Bonchev–Trinajstić information content (AvgIpc) is 2.46. The molecule has 0 aliphatic carbocycles. The van der Waals surface area contributed by atoms with Crippen molar-refractivity contribution in [2.45, 2.75) is 24.4 Å². The molecule has 0 saturated heterocycles. The molecule has 1 unspecified atom stereocenters. The monoisotopic (exact) mass is 270 g/mol. The number of aliphatic hydroxyl groups is 5. The van der Waals surface area contributed by atoms with Gasteiger partial charge in [0.1, 0.15) is 30.1 Å². The van der Waals surface area contributed by atoms with Crippen molar-refractivity contribution in [3.63, 3.8) is 0 Å². The zero-order chi connectivity index (χ0) is 14.4. The van der Waals surface area contributed by atoms with E-state index >= 15 is 0 Å². The molecule has 0 aromatic heterocycles. The molecule has 1 aromatic carbocycles. The number of aliphatic hydroxyl groups excluding tert-OH is 5. The third-order valence-electron chi connectivity index (χ3n) is 2.75. The van der Waals surface area contributed by atoms with E-state index < -0.39 is 31.0 Å². The van der Waals surface area contributed by atoms with Crippen LogP contribution in [-0.4, -0.2) is 56.2 Å². The topological polar surface area (TPSA) is 140 Å². The molecule has 0 heterocycles. The Balaban J connectivity index is 2.89. The van der Waals surface area contributed by atoms with Gasteiger partial charge < -0.3 is 31.4 Å². The van der Waals surface area contributed by atoms with Crippen LogP contribution in [0.2, 0.25) is 0 Å². The van der Waals surface area contributed by atoms with Crippen LogP contribution in [0.3, 0.4) is 0 Å². The normalized spacial score (nSPS) is 18.7. The third-order valence-corrected chi connectivity index (χ3v) is 2.75. The van der Waals surface area contributed by atoms with E-state index in [9.17, 15) is 20.4 Å². The number of hydrogen-bond acceptors (Lipinski definition) is 7. The van der Waals surface area contributed by atoms with Crippen molar-refractivity contribution in [2.75, 3.05) is 6.61 Å². The average molecular weight is 270 g/mol. The highest BCUT2D eigenvalue weighted by molar-refractivity contribution is 5.93. The minimum Gasteiger partial charge on any atom is -0.394 e. The van der Waals surface area contributed by atoms with Crippen LogP contribution in [0, 0.1) is 0 Å². The number of hydrogen-bond donors (Lipinski definition) is 6. The summed E-state index contributed by atoms with van der Waals surface area (Å²) >= 11 is 0. The molecule has 0 bridgehead atoms. The Morgan fingerprint density at radius 1 is 1.11 bits per heavy atom. The minimum atomic E-state index is -1.70. The number of hydrazone groups is 1. The number of rotatable bonds is 6. The summed E-state index contributed by atoms with van der Waals surface area (Å²) in [4.78, 5) is 0. The van der Waals surface area contributed by atoms with Gasteiger partial charge in [-0.1, -0.05) is 30.3 Å². The summed E-state index contributed by atoms with van der Waals surface area (Å²) in [7, 11) is 0. The van der Waals surface area contributed by atoms with E-state index in [0.29, 0.717) is 5.56 Å². The zero-order valence-electron chi connectivity index (χ0n) is 10.2. The van der Waals surface area contributed by atoms with Crippen molar-refractivity contribution in [2.24, 2.45) is 10.9 Å². The predicted molar refractivity (Wildman–Crippen MR) is 68.1 cm³/mol. The van der Waals surface area contributed by atoms with Crippen molar-refractivity contribution in [1.82, 2.24) is 0 Å². The largest absolute Gasteiger partial charge is 0.394 e. The van der Waals surface area contributed by atoms with Gasteiger partial charge in [-0.15, -0.1) is 0 Å². The molecule has 19 heavy (non-hydrogen) atoms. The van der Waals surface area contributed by atoms with Crippen molar-refractivity contribution in [3.8, 4) is 0 Å². The summed E-state index contributed by atoms with van der Waals surface area (Å²) in [6.45, 7) is -0.739. The Kier molecular flexibility index (Phi) is 5.87.